The summed E-state index contributed by atoms with van der Waals surface area (Å²) in [7, 11) is -1.96. The minimum Gasteiger partial charge on any atom is -0.343 e. The van der Waals surface area contributed by atoms with E-state index in [1.54, 1.807) is 11.9 Å². The summed E-state index contributed by atoms with van der Waals surface area (Å²) in [5.74, 6) is 0.537. The van der Waals surface area contributed by atoms with Crippen LogP contribution >= 0.6 is 0 Å². The van der Waals surface area contributed by atoms with Gasteiger partial charge in [0.25, 0.3) is 0 Å². The lowest BCUT2D eigenvalue weighted by Crippen LogP contribution is -2.36. The van der Waals surface area contributed by atoms with Gasteiger partial charge in [0.2, 0.25) is 15.9 Å². The van der Waals surface area contributed by atoms with Crippen LogP contribution in [0.25, 0.3) is 0 Å². The van der Waals surface area contributed by atoms with E-state index >= 15 is 0 Å². The second-order valence-corrected chi connectivity index (χ2v) is 7.28. The molecule has 1 aromatic heterocycles. The van der Waals surface area contributed by atoms with Crippen molar-refractivity contribution in [3.05, 3.63) is 12.4 Å². The summed E-state index contributed by atoms with van der Waals surface area (Å²) in [5.41, 5.74) is 0. The Balaban J connectivity index is 2.55. The van der Waals surface area contributed by atoms with Crippen molar-refractivity contribution in [2.75, 3.05) is 7.05 Å². The van der Waals surface area contributed by atoms with Crippen molar-refractivity contribution in [3.63, 3.8) is 0 Å². The average Bonchev–Trinajstić information content (AvgIpc) is 2.82. The summed E-state index contributed by atoms with van der Waals surface area (Å²) in [6.07, 6.45) is 3.73. The number of sulfonamides is 1. The van der Waals surface area contributed by atoms with E-state index in [9.17, 15) is 13.2 Å². The summed E-state index contributed by atoms with van der Waals surface area (Å²) >= 11 is 0. The Hall–Kier alpha value is -1.41. The fraction of sp³-hybridized carbons (Fsp3) is 0.692. The number of nitrogens with zero attached hydrogens (tertiary/aromatic N) is 3. The molecule has 21 heavy (non-hydrogen) atoms. The first-order chi connectivity index (χ1) is 9.61. The molecule has 0 unspecified atom stereocenters. The summed E-state index contributed by atoms with van der Waals surface area (Å²) in [5, 5.41) is 8.90. The summed E-state index contributed by atoms with van der Waals surface area (Å²) in [4.78, 5) is 13.8. The molecule has 0 bridgehead atoms. The zero-order valence-corrected chi connectivity index (χ0v) is 13.8. The molecular formula is C13H24N4O3S. The van der Waals surface area contributed by atoms with Crippen LogP contribution in [-0.2, 0) is 21.4 Å². The number of hydrogen-bond donors (Lipinski definition) is 1. The Bertz CT molecular complexity index is 580. The first-order valence-corrected chi connectivity index (χ1v) is 8.46. The van der Waals surface area contributed by atoms with Crippen molar-refractivity contribution in [1.82, 2.24) is 14.7 Å². The Labute approximate surface area is 126 Å². The molecule has 1 amide bonds. The van der Waals surface area contributed by atoms with E-state index in [1.807, 2.05) is 6.92 Å². The number of aryl methyl sites for hydroxylation is 1. The number of nitrogens with two attached hydrogens (primary N) is 1. The van der Waals surface area contributed by atoms with Crippen LogP contribution in [0.3, 0.4) is 0 Å². The summed E-state index contributed by atoms with van der Waals surface area (Å²) in [6.45, 7) is 6.58. The van der Waals surface area contributed by atoms with Gasteiger partial charge < -0.3 is 4.90 Å². The third-order valence-electron chi connectivity index (χ3n) is 3.36. The highest BCUT2D eigenvalue weighted by molar-refractivity contribution is 7.89. The smallest absolute Gasteiger partial charge is 0.241 e. The lowest BCUT2D eigenvalue weighted by atomic mass is 10.0. The zero-order valence-electron chi connectivity index (χ0n) is 13.0. The van der Waals surface area contributed by atoms with E-state index in [0.717, 1.165) is 6.42 Å². The zero-order chi connectivity index (χ0) is 16.2. The van der Waals surface area contributed by atoms with Crippen molar-refractivity contribution < 1.29 is 13.2 Å². The standard InChI is InChI=1S/C13H24N4O3S/c1-10(2)7-11(3)16(4)13(18)5-6-17-9-12(8-15-17)21(14,19)20/h8-11H,5-7H2,1-4H3,(H2,14,19,20)/t11-/m0/s1. The fourth-order valence-electron chi connectivity index (χ4n) is 2.09. The summed E-state index contributed by atoms with van der Waals surface area (Å²) < 4.78 is 23.7. The van der Waals surface area contributed by atoms with E-state index in [-0.39, 0.29) is 23.3 Å². The van der Waals surface area contributed by atoms with E-state index < -0.39 is 10.0 Å². The van der Waals surface area contributed by atoms with E-state index in [4.69, 9.17) is 5.14 Å². The van der Waals surface area contributed by atoms with E-state index in [2.05, 4.69) is 18.9 Å². The van der Waals surface area contributed by atoms with Gasteiger partial charge in [-0.3, -0.25) is 9.48 Å². The van der Waals surface area contributed by atoms with Gasteiger partial charge >= 0.3 is 0 Å². The molecule has 0 aliphatic carbocycles. The van der Waals surface area contributed by atoms with Gasteiger partial charge in [-0.05, 0) is 19.3 Å². The molecule has 0 spiro atoms. The number of amides is 1. The van der Waals surface area contributed by atoms with E-state index in [0.29, 0.717) is 12.5 Å². The maximum absolute atomic E-state index is 12.1. The second-order valence-electron chi connectivity index (χ2n) is 5.72. The number of carbonyl (C=O) groups excluding carboxylic acids is 1. The van der Waals surface area contributed by atoms with Crippen molar-refractivity contribution in [3.8, 4) is 0 Å². The molecule has 1 rings (SSSR count). The van der Waals surface area contributed by atoms with E-state index in [1.165, 1.54) is 17.1 Å². The Kier molecular flexibility index (Phi) is 5.91. The largest absolute Gasteiger partial charge is 0.343 e. The highest BCUT2D eigenvalue weighted by atomic mass is 32.2. The molecule has 120 valence electrons. The van der Waals surface area contributed by atoms with Crippen molar-refractivity contribution in [1.29, 1.82) is 0 Å². The molecule has 1 atom stereocenters. The molecule has 0 saturated carbocycles. The maximum Gasteiger partial charge on any atom is 0.241 e. The monoisotopic (exact) mass is 316 g/mol. The molecule has 0 fully saturated rings. The van der Waals surface area contributed by atoms with Crippen molar-refractivity contribution in [2.24, 2.45) is 11.1 Å². The van der Waals surface area contributed by atoms with Crippen LogP contribution in [-0.4, -0.2) is 42.1 Å². The van der Waals surface area contributed by atoms with Gasteiger partial charge in [0.1, 0.15) is 4.90 Å². The van der Waals surface area contributed by atoms with Crippen LogP contribution in [0.2, 0.25) is 0 Å². The van der Waals surface area contributed by atoms with Gasteiger partial charge in [-0.2, -0.15) is 5.10 Å². The maximum atomic E-state index is 12.1. The first kappa shape index (κ1) is 17.6. The minimum absolute atomic E-state index is 0.0100. The van der Waals surface area contributed by atoms with Gasteiger partial charge in [0, 0.05) is 32.3 Å². The predicted octanol–water partition coefficient (Wildman–Crippen LogP) is 0.814. The van der Waals surface area contributed by atoms with Gasteiger partial charge in [-0.1, -0.05) is 13.8 Å². The molecule has 1 heterocycles. The average molecular weight is 316 g/mol. The third kappa shape index (κ3) is 5.47. The number of rotatable bonds is 7. The van der Waals surface area contributed by atoms with Crippen LogP contribution in [0.15, 0.2) is 17.3 Å². The Morgan fingerprint density at radius 2 is 2.05 bits per heavy atom. The molecular weight excluding hydrogens is 292 g/mol. The molecule has 7 nitrogen and oxygen atoms in total. The molecule has 0 aromatic carbocycles. The minimum atomic E-state index is -3.74. The molecule has 8 heteroatoms. The van der Waals surface area contributed by atoms with Crippen LogP contribution < -0.4 is 5.14 Å². The third-order valence-corrected chi connectivity index (χ3v) is 4.23. The molecule has 0 saturated heterocycles. The quantitative estimate of drug-likeness (QED) is 0.805. The number of carbonyl (C=O) groups is 1. The lowest BCUT2D eigenvalue weighted by molar-refractivity contribution is -0.132. The van der Waals surface area contributed by atoms with Gasteiger partial charge in [0.15, 0.2) is 0 Å². The molecule has 2 N–H and O–H groups in total. The van der Waals surface area contributed by atoms with Crippen LogP contribution in [0.1, 0.15) is 33.6 Å². The summed E-state index contributed by atoms with van der Waals surface area (Å²) in [6, 6.07) is 0.176. The number of primary sulfonamides is 1. The van der Waals surface area contributed by atoms with Crippen molar-refractivity contribution >= 4 is 15.9 Å². The SMILES string of the molecule is CC(C)C[C@H](C)N(C)C(=O)CCn1cc(S(N)(=O)=O)cn1. The lowest BCUT2D eigenvalue weighted by Gasteiger charge is -2.26. The Morgan fingerprint density at radius 1 is 1.43 bits per heavy atom. The Morgan fingerprint density at radius 3 is 2.52 bits per heavy atom. The van der Waals surface area contributed by atoms with Crippen molar-refractivity contribution in [2.45, 2.75) is 51.1 Å². The van der Waals surface area contributed by atoms with Gasteiger partial charge in [-0.25, -0.2) is 13.6 Å². The van der Waals surface area contributed by atoms with Crippen LogP contribution in [0.4, 0.5) is 0 Å². The topological polar surface area (TPSA) is 98.3 Å². The fourth-order valence-corrected chi connectivity index (χ4v) is 2.55. The molecule has 0 aliphatic rings. The predicted molar refractivity (Wildman–Crippen MR) is 79.9 cm³/mol. The van der Waals surface area contributed by atoms with Crippen LogP contribution in [0.5, 0.6) is 0 Å². The number of aromatic nitrogens is 2. The highest BCUT2D eigenvalue weighted by Crippen LogP contribution is 2.11. The highest BCUT2D eigenvalue weighted by Gasteiger charge is 2.17. The number of hydrogen-bond acceptors (Lipinski definition) is 4. The van der Waals surface area contributed by atoms with Gasteiger partial charge in [0.05, 0.1) is 6.20 Å². The molecule has 1 aromatic rings. The normalized spacial score (nSPS) is 13.4. The second kappa shape index (κ2) is 7.04. The molecule has 0 aliphatic heterocycles. The first-order valence-electron chi connectivity index (χ1n) is 6.92. The van der Waals surface area contributed by atoms with Gasteiger partial charge in [-0.15, -0.1) is 0 Å². The van der Waals surface area contributed by atoms with Crippen LogP contribution in [0, 0.1) is 5.92 Å². The molecule has 0 radical (unpaired) electrons.